The zero-order chi connectivity index (χ0) is 32.6. The van der Waals surface area contributed by atoms with Crippen molar-refractivity contribution in [2.45, 2.75) is 44.6 Å². The number of ether oxygens (including phenoxy) is 1. The average Bonchev–Trinajstić information content (AvgIpc) is 3.02. The molecule has 1 amide bonds. The minimum Gasteiger partial charge on any atom is -0.465 e. The molecule has 2 aliphatic rings. The molecule has 15 heteroatoms. The number of carboxylic acid groups (broad SMARTS) is 1. The third kappa shape index (κ3) is 6.50. The smallest absolute Gasteiger partial charge is 0.407 e. The van der Waals surface area contributed by atoms with E-state index >= 15 is 4.39 Å². The van der Waals surface area contributed by atoms with Gasteiger partial charge in [0.1, 0.15) is 11.6 Å². The molecule has 2 fully saturated rings. The zero-order valence-corrected chi connectivity index (χ0v) is 25.5. The van der Waals surface area contributed by atoms with Crippen molar-refractivity contribution in [1.29, 1.82) is 0 Å². The first-order valence-electron chi connectivity index (χ1n) is 14.7. The van der Waals surface area contributed by atoms with Gasteiger partial charge in [-0.3, -0.25) is 4.72 Å². The number of halogens is 3. The van der Waals surface area contributed by atoms with E-state index in [1.165, 1.54) is 23.2 Å². The summed E-state index contributed by atoms with van der Waals surface area (Å²) in [6, 6.07) is 10.7. The van der Waals surface area contributed by atoms with Gasteiger partial charge in [-0.2, -0.15) is 0 Å². The Bertz CT molecular complexity index is 1910. The van der Waals surface area contributed by atoms with Crippen molar-refractivity contribution in [2.24, 2.45) is 5.92 Å². The van der Waals surface area contributed by atoms with E-state index in [-0.39, 0.29) is 41.6 Å². The average molecular weight is 657 g/mol. The number of rotatable bonds is 9. The van der Waals surface area contributed by atoms with Crippen LogP contribution in [0.5, 0.6) is 11.6 Å². The van der Waals surface area contributed by atoms with Crippen molar-refractivity contribution < 1.29 is 36.2 Å². The van der Waals surface area contributed by atoms with E-state index in [0.29, 0.717) is 47.7 Å². The first kappa shape index (κ1) is 31.3. The number of nitrogens with one attached hydrogen (secondary N) is 2. The number of fused-ring (bicyclic) bond motifs is 1. The van der Waals surface area contributed by atoms with E-state index in [2.05, 4.69) is 25.0 Å². The molecule has 2 aromatic heterocycles. The predicted octanol–water partition coefficient (Wildman–Crippen LogP) is 6.27. The topological polar surface area (TPSA) is 147 Å². The molecule has 4 aromatic rings. The van der Waals surface area contributed by atoms with Gasteiger partial charge in [-0.05, 0) is 62.1 Å². The molecule has 0 radical (unpaired) electrons. The Labute approximate surface area is 262 Å². The summed E-state index contributed by atoms with van der Waals surface area (Å²) >= 11 is 0. The van der Waals surface area contributed by atoms with Gasteiger partial charge >= 0.3 is 6.09 Å². The first-order chi connectivity index (χ1) is 21.9. The number of aryl methyl sites for hydroxylation is 1. The number of sulfonamides is 1. The molecular formula is C31H31F3N6O5S. The summed E-state index contributed by atoms with van der Waals surface area (Å²) in [5.74, 6) is -5.33. The molecule has 46 heavy (non-hydrogen) atoms. The number of pyridine rings is 1. The van der Waals surface area contributed by atoms with Gasteiger partial charge in [0, 0.05) is 54.6 Å². The lowest BCUT2D eigenvalue weighted by atomic mass is 9.82. The lowest BCUT2D eigenvalue weighted by molar-refractivity contribution is -0.122. The number of aromatic nitrogens is 3. The molecule has 6 rings (SSSR count). The molecule has 1 aliphatic heterocycles. The zero-order valence-electron chi connectivity index (χ0n) is 24.7. The van der Waals surface area contributed by atoms with Crippen LogP contribution in [-0.4, -0.2) is 70.3 Å². The van der Waals surface area contributed by atoms with Gasteiger partial charge in [0.15, 0.2) is 0 Å². The highest BCUT2D eigenvalue weighted by molar-refractivity contribution is 7.92. The highest BCUT2D eigenvalue weighted by atomic mass is 32.2. The third-order valence-electron chi connectivity index (χ3n) is 8.33. The number of hydrogen-bond acceptors (Lipinski definition) is 8. The fourth-order valence-corrected chi connectivity index (χ4v) is 7.27. The maximum Gasteiger partial charge on any atom is 0.407 e. The Balaban J connectivity index is 1.29. The lowest BCUT2D eigenvalue weighted by Crippen LogP contribution is -2.44. The molecule has 3 N–H and O–H groups in total. The number of amides is 1. The van der Waals surface area contributed by atoms with Crippen molar-refractivity contribution in [2.75, 3.05) is 28.9 Å². The number of benzene rings is 2. The van der Waals surface area contributed by atoms with E-state index in [4.69, 9.17) is 4.74 Å². The van der Waals surface area contributed by atoms with Gasteiger partial charge in [0.05, 0.1) is 22.7 Å². The third-order valence-corrected chi connectivity index (χ3v) is 9.68. The summed E-state index contributed by atoms with van der Waals surface area (Å²) < 4.78 is 76.9. The molecule has 1 saturated carbocycles. The number of alkyl halides is 2. The molecule has 2 aromatic carbocycles. The normalized spacial score (nSPS) is 19.3. The minimum absolute atomic E-state index is 0.0727. The largest absolute Gasteiger partial charge is 0.465 e. The molecule has 0 bridgehead atoms. The minimum atomic E-state index is -4.30. The fourth-order valence-electron chi connectivity index (χ4n) is 5.73. The summed E-state index contributed by atoms with van der Waals surface area (Å²) in [6.45, 7) is 2.54. The monoisotopic (exact) mass is 656 g/mol. The van der Waals surface area contributed by atoms with Crippen LogP contribution in [0.3, 0.4) is 0 Å². The molecule has 1 saturated heterocycles. The van der Waals surface area contributed by atoms with E-state index in [9.17, 15) is 27.1 Å². The fraction of sp³-hybridized carbons (Fsp3) is 0.355. The second kappa shape index (κ2) is 12.3. The molecule has 3 heterocycles. The molecule has 11 nitrogen and oxygen atoms in total. The second-order valence-electron chi connectivity index (χ2n) is 11.5. The van der Waals surface area contributed by atoms with Crippen LogP contribution in [-0.2, 0) is 10.0 Å². The van der Waals surface area contributed by atoms with E-state index < -0.39 is 39.5 Å². The van der Waals surface area contributed by atoms with Gasteiger partial charge in [-0.25, -0.2) is 41.3 Å². The Hall–Kier alpha value is -4.66. The van der Waals surface area contributed by atoms with Gasteiger partial charge < -0.3 is 20.1 Å². The van der Waals surface area contributed by atoms with Crippen LogP contribution in [0.15, 0.2) is 54.9 Å². The van der Waals surface area contributed by atoms with Gasteiger partial charge in [-0.1, -0.05) is 12.1 Å². The molecular weight excluding hydrogens is 625 g/mol. The maximum atomic E-state index is 15.1. The molecule has 242 valence electrons. The predicted molar refractivity (Wildman–Crippen MR) is 165 cm³/mol. The van der Waals surface area contributed by atoms with Crippen LogP contribution in [0.2, 0.25) is 0 Å². The number of piperidine rings is 1. The number of anilines is 2. The number of carbonyl (C=O) groups is 1. The highest BCUT2D eigenvalue weighted by Gasteiger charge is 2.50. The summed E-state index contributed by atoms with van der Waals surface area (Å²) in [7, 11) is -4.30. The SMILES string of the molecule is Cc1ccc2c(NS(=O)(=O)C[C@@H]3CCC3(F)F)c(F)ccc2c1Oc1ncccc1-c1ccnc(NC2CCCN(C(=O)O)C2)n1. The number of hydrogen-bond donors (Lipinski definition) is 3. The Morgan fingerprint density at radius 1 is 1.11 bits per heavy atom. The van der Waals surface area contributed by atoms with E-state index in [1.54, 1.807) is 37.4 Å². The summed E-state index contributed by atoms with van der Waals surface area (Å²) in [4.78, 5) is 26.1. The van der Waals surface area contributed by atoms with Crippen LogP contribution in [0.25, 0.3) is 22.0 Å². The Morgan fingerprint density at radius 2 is 1.91 bits per heavy atom. The van der Waals surface area contributed by atoms with Crippen molar-refractivity contribution >= 4 is 38.5 Å². The summed E-state index contributed by atoms with van der Waals surface area (Å²) in [5, 5.41) is 13.1. The summed E-state index contributed by atoms with van der Waals surface area (Å²) in [5.41, 5.74) is 1.26. The first-order valence-corrected chi connectivity index (χ1v) is 16.4. The Morgan fingerprint density at radius 3 is 2.65 bits per heavy atom. The van der Waals surface area contributed by atoms with Gasteiger partial charge in [-0.15, -0.1) is 0 Å². The molecule has 0 spiro atoms. The van der Waals surface area contributed by atoms with Crippen LogP contribution in [0.1, 0.15) is 31.2 Å². The van der Waals surface area contributed by atoms with Gasteiger partial charge in [0.2, 0.25) is 21.9 Å². The quantitative estimate of drug-likeness (QED) is 0.190. The van der Waals surface area contributed by atoms with Crippen LogP contribution < -0.4 is 14.8 Å². The molecule has 1 aliphatic carbocycles. The van der Waals surface area contributed by atoms with Gasteiger partial charge in [0.25, 0.3) is 5.92 Å². The highest BCUT2D eigenvalue weighted by Crippen LogP contribution is 2.45. The standard InChI is InChI=1S/C31H31F3N6O5S/c1-18-6-7-21-22(8-9-24(32)26(21)39-46(43,44)17-19-10-12-31(19,33)34)27(18)45-28-23(5-2-13-35-28)25-11-14-36-29(38-25)37-20-4-3-15-40(16-20)30(41)42/h2,5-9,11,13-14,19-20,39H,3-4,10,12,15-17H2,1H3,(H,41,42)(H,36,37,38)/t19-,20?/m0/s1. The second-order valence-corrected chi connectivity index (χ2v) is 13.3. The van der Waals surface area contributed by atoms with Crippen LogP contribution in [0, 0.1) is 18.7 Å². The van der Waals surface area contributed by atoms with Crippen molar-refractivity contribution in [3.8, 4) is 22.9 Å². The maximum absolute atomic E-state index is 15.1. The van der Waals surface area contributed by atoms with Crippen molar-refractivity contribution in [1.82, 2.24) is 19.9 Å². The van der Waals surface area contributed by atoms with Crippen LogP contribution in [0.4, 0.5) is 29.6 Å². The van der Waals surface area contributed by atoms with Crippen LogP contribution >= 0.6 is 0 Å². The Kier molecular flexibility index (Phi) is 8.35. The van der Waals surface area contributed by atoms with Crippen molar-refractivity contribution in [3.63, 3.8) is 0 Å². The number of nitrogens with zero attached hydrogens (tertiary/aromatic N) is 4. The van der Waals surface area contributed by atoms with E-state index in [0.717, 1.165) is 12.5 Å². The van der Waals surface area contributed by atoms with Crippen molar-refractivity contribution in [3.05, 3.63) is 66.2 Å². The lowest BCUT2D eigenvalue weighted by Gasteiger charge is -2.35. The summed E-state index contributed by atoms with van der Waals surface area (Å²) in [6.07, 6.45) is 3.27. The number of likely N-dealkylation sites (tertiary alicyclic amines) is 1. The molecule has 2 atom stereocenters. The van der Waals surface area contributed by atoms with E-state index in [1.807, 2.05) is 0 Å². The molecule has 1 unspecified atom stereocenters.